The van der Waals surface area contributed by atoms with Gasteiger partial charge in [0.1, 0.15) is 0 Å². The minimum absolute atomic E-state index is 0. The molecule has 0 aromatic carbocycles. The molecule has 0 amide bonds. The smallest absolute Gasteiger partial charge is 1.00 e. The van der Waals surface area contributed by atoms with Crippen LogP contribution in [-0.2, 0) is 26.2 Å². The third-order valence-electron chi connectivity index (χ3n) is 2.34. The summed E-state index contributed by atoms with van der Waals surface area (Å²) in [6.45, 7) is 9.18. The summed E-state index contributed by atoms with van der Waals surface area (Å²) in [7, 11) is 0. The summed E-state index contributed by atoms with van der Waals surface area (Å²) < 4.78 is 0. The number of hydrogen-bond donors (Lipinski definition) is 0. The first-order chi connectivity index (χ1) is 5.52. The fourth-order valence-corrected chi connectivity index (χ4v) is 2.00. The predicted octanol–water partition coefficient (Wildman–Crippen LogP) is -2.25. The van der Waals surface area contributed by atoms with E-state index in [9.17, 15) is 0 Å². The Hall–Kier alpha value is 0.943. The summed E-state index contributed by atoms with van der Waals surface area (Å²) in [5.41, 5.74) is 1.72. The zero-order chi connectivity index (χ0) is 9.19. The molecular weight excluding hydrogens is 306 g/mol. The fraction of sp³-hybridized carbons (Fsp3) is 0.667. The van der Waals surface area contributed by atoms with Gasteiger partial charge in [-0.2, -0.15) is 6.08 Å². The van der Waals surface area contributed by atoms with E-state index in [0.29, 0.717) is 5.41 Å². The van der Waals surface area contributed by atoms with Crippen LogP contribution in [0.3, 0.4) is 0 Å². The minimum Gasteiger partial charge on any atom is -1.00 e. The van der Waals surface area contributed by atoms with Crippen molar-refractivity contribution in [1.29, 1.82) is 0 Å². The Morgan fingerprint density at radius 1 is 1.33 bits per heavy atom. The average molecular weight is 325 g/mol. The zero-order valence-corrected chi connectivity index (χ0v) is 13.9. The molecule has 15 heavy (non-hydrogen) atoms. The summed E-state index contributed by atoms with van der Waals surface area (Å²) in [6.07, 6.45) is 10.1. The molecule has 0 saturated carbocycles. The van der Waals surface area contributed by atoms with Crippen molar-refractivity contribution in [2.75, 3.05) is 0 Å². The van der Waals surface area contributed by atoms with Gasteiger partial charge in [0.25, 0.3) is 0 Å². The molecule has 0 nitrogen and oxygen atoms in total. The molecule has 0 saturated heterocycles. The molecule has 0 heterocycles. The molecule has 0 fully saturated rings. The Morgan fingerprint density at radius 3 is 2.20 bits per heavy atom. The van der Waals surface area contributed by atoms with E-state index in [0.717, 1.165) is 12.3 Å². The maximum atomic E-state index is 3.41. The van der Waals surface area contributed by atoms with Crippen LogP contribution in [0.2, 0.25) is 0 Å². The second-order valence-electron chi connectivity index (χ2n) is 4.68. The van der Waals surface area contributed by atoms with Gasteiger partial charge in [-0.25, -0.2) is 11.6 Å². The van der Waals surface area contributed by atoms with E-state index in [-0.39, 0.29) is 51.0 Å². The first kappa shape index (κ1) is 21.3. The quantitative estimate of drug-likeness (QED) is 0.515. The largest absolute Gasteiger partial charge is 3.00 e. The van der Waals surface area contributed by atoms with Gasteiger partial charge in [-0.1, -0.05) is 27.7 Å². The molecule has 0 N–H and O–H groups in total. The normalized spacial score (nSPS) is 13.8. The maximum Gasteiger partial charge on any atom is 3.00 e. The van der Waals surface area contributed by atoms with Crippen molar-refractivity contribution >= 4 is 0 Å². The van der Waals surface area contributed by atoms with Gasteiger partial charge in [0.05, 0.1) is 0 Å². The fourth-order valence-electron chi connectivity index (χ4n) is 2.00. The van der Waals surface area contributed by atoms with E-state index in [1.54, 1.807) is 0 Å². The molecule has 0 bridgehead atoms. The molecule has 0 aromatic rings. The van der Waals surface area contributed by atoms with Crippen LogP contribution in [-0.4, -0.2) is 0 Å². The van der Waals surface area contributed by atoms with Crippen LogP contribution >= 0.6 is 0 Å². The third-order valence-corrected chi connectivity index (χ3v) is 2.34. The van der Waals surface area contributed by atoms with Crippen molar-refractivity contribution in [2.24, 2.45) is 11.3 Å². The molecule has 0 atom stereocenters. The maximum absolute atomic E-state index is 3.41. The van der Waals surface area contributed by atoms with Gasteiger partial charge < -0.3 is 24.8 Å². The second kappa shape index (κ2) is 9.02. The summed E-state index contributed by atoms with van der Waals surface area (Å²) in [5, 5.41) is 0. The van der Waals surface area contributed by atoms with Gasteiger partial charge in [0, 0.05) is 0 Å². The van der Waals surface area contributed by atoms with Crippen LogP contribution in [0.5, 0.6) is 0 Å². The third kappa shape index (κ3) is 6.98. The molecule has 85 valence electrons. The van der Waals surface area contributed by atoms with Crippen molar-refractivity contribution in [3.63, 3.8) is 0 Å². The summed E-state index contributed by atoms with van der Waals surface area (Å²) in [4.78, 5) is 0. The number of hydrogen-bond acceptors (Lipinski definition) is 0. The van der Waals surface area contributed by atoms with E-state index >= 15 is 0 Å². The Balaban J connectivity index is -0.000000480. The zero-order valence-electron chi connectivity index (χ0n) is 9.90. The summed E-state index contributed by atoms with van der Waals surface area (Å²) in [5.74, 6) is 0.767. The van der Waals surface area contributed by atoms with Crippen LogP contribution in [0.15, 0.2) is 17.7 Å². The van der Waals surface area contributed by atoms with Crippen LogP contribution in [0.4, 0.5) is 0 Å². The predicted molar refractivity (Wildman–Crippen MR) is 53.7 cm³/mol. The average Bonchev–Trinajstić information content (AvgIpc) is 2.32. The van der Waals surface area contributed by atoms with Gasteiger partial charge in [0.2, 0.25) is 0 Å². The first-order valence-electron chi connectivity index (χ1n) is 4.80. The summed E-state index contributed by atoms with van der Waals surface area (Å²) in [6, 6.07) is 0. The van der Waals surface area contributed by atoms with Gasteiger partial charge >= 0.3 is 26.2 Å². The van der Waals surface area contributed by atoms with Crippen molar-refractivity contribution in [2.45, 2.75) is 40.5 Å². The Labute approximate surface area is 126 Å². The van der Waals surface area contributed by atoms with E-state index in [4.69, 9.17) is 0 Å². The number of halogens is 2. The molecule has 0 spiro atoms. The molecular formula is C12H19Cl2Zr. The van der Waals surface area contributed by atoms with Crippen LogP contribution in [0, 0.1) is 17.4 Å². The van der Waals surface area contributed by atoms with E-state index in [2.05, 4.69) is 45.9 Å². The number of allylic oxidation sites excluding steroid dienone is 4. The van der Waals surface area contributed by atoms with E-state index in [1.165, 1.54) is 12.0 Å². The molecule has 1 aliphatic carbocycles. The van der Waals surface area contributed by atoms with Crippen LogP contribution in [0.1, 0.15) is 40.5 Å². The van der Waals surface area contributed by atoms with E-state index < -0.39 is 0 Å². The molecule has 0 unspecified atom stereocenters. The molecule has 0 aliphatic heterocycles. The van der Waals surface area contributed by atoms with Crippen molar-refractivity contribution < 1.29 is 51.0 Å². The Morgan fingerprint density at radius 2 is 1.87 bits per heavy atom. The van der Waals surface area contributed by atoms with Gasteiger partial charge in [-0.05, 0) is 17.8 Å². The minimum atomic E-state index is 0. The van der Waals surface area contributed by atoms with Crippen LogP contribution in [0.25, 0.3) is 0 Å². The molecule has 3 heteroatoms. The van der Waals surface area contributed by atoms with Crippen molar-refractivity contribution in [3.05, 3.63) is 23.8 Å². The standard InChI is InChI=1S/C12H19.2ClH.Zr/c1-10(2)9-12(3,4)11-7-5-6-8-11;;;/h5,7,10H,6,9H2,1-4H3;2*1H;/q-1;;;+3/p-2. The monoisotopic (exact) mass is 323 g/mol. The second-order valence-corrected chi connectivity index (χ2v) is 4.68. The Bertz CT molecular complexity index is 218. The number of rotatable bonds is 3. The van der Waals surface area contributed by atoms with Crippen LogP contribution < -0.4 is 24.8 Å². The molecule has 0 aromatic heterocycles. The van der Waals surface area contributed by atoms with Gasteiger partial charge in [-0.15, -0.1) is 6.42 Å². The summed E-state index contributed by atoms with van der Waals surface area (Å²) >= 11 is 0. The van der Waals surface area contributed by atoms with Gasteiger partial charge in [0.15, 0.2) is 0 Å². The van der Waals surface area contributed by atoms with E-state index in [1.807, 2.05) is 0 Å². The van der Waals surface area contributed by atoms with Crippen molar-refractivity contribution in [3.8, 4) is 0 Å². The van der Waals surface area contributed by atoms with Gasteiger partial charge in [-0.3, -0.25) is 6.08 Å². The topological polar surface area (TPSA) is 0 Å². The molecule has 1 radical (unpaired) electrons. The Kier molecular flexibility index (Phi) is 12.8. The molecule has 1 aliphatic rings. The van der Waals surface area contributed by atoms with Crippen molar-refractivity contribution in [1.82, 2.24) is 0 Å². The SMILES string of the molecule is CC(C)CC(C)(C)C1=[C-]CC=C1.[Cl-].[Cl-].[Zr+3]. The first-order valence-corrected chi connectivity index (χ1v) is 4.80. The molecule has 1 rings (SSSR count).